The predicted molar refractivity (Wildman–Crippen MR) is 189 cm³/mol. The molecule has 0 saturated carbocycles. The van der Waals surface area contributed by atoms with Gasteiger partial charge in [-0.2, -0.15) is 17.6 Å². The van der Waals surface area contributed by atoms with Crippen molar-refractivity contribution in [3.8, 4) is 11.5 Å². The standard InChI is InChI=1S/C41H50F4O5/c1-30(2)29-47-26-12-8-6-10-14-34-18-22-36(23-19-34)41(44,45)50-38-25-24-37(28-32(38)5)49-40(42,43)35-20-16-33(17-21-35)15-11-7-9-13-27-48-39(46)31(3)4/h16-25,28H,1,3,6-15,26-27,29H2,2,4-5H3. The summed E-state index contributed by atoms with van der Waals surface area (Å²) in [4.78, 5) is 11.4. The van der Waals surface area contributed by atoms with Gasteiger partial charge in [-0.3, -0.25) is 0 Å². The van der Waals surface area contributed by atoms with Crippen LogP contribution in [0.1, 0.15) is 93.0 Å². The number of aryl methyl sites for hydroxylation is 3. The van der Waals surface area contributed by atoms with Gasteiger partial charge in [0.1, 0.15) is 11.5 Å². The van der Waals surface area contributed by atoms with Gasteiger partial charge in [-0.1, -0.05) is 68.7 Å². The number of unbranched alkanes of at least 4 members (excludes halogenated alkanes) is 6. The Labute approximate surface area is 294 Å². The fourth-order valence-electron chi connectivity index (χ4n) is 5.14. The van der Waals surface area contributed by atoms with Gasteiger partial charge >= 0.3 is 18.2 Å². The van der Waals surface area contributed by atoms with E-state index in [1.54, 1.807) is 31.2 Å². The van der Waals surface area contributed by atoms with Crippen LogP contribution in [-0.4, -0.2) is 25.8 Å². The lowest BCUT2D eigenvalue weighted by Gasteiger charge is -2.22. The third kappa shape index (κ3) is 14.0. The van der Waals surface area contributed by atoms with Crippen molar-refractivity contribution in [3.63, 3.8) is 0 Å². The zero-order valence-corrected chi connectivity index (χ0v) is 29.5. The maximum atomic E-state index is 15.1. The number of benzene rings is 3. The van der Waals surface area contributed by atoms with E-state index in [9.17, 15) is 4.79 Å². The van der Waals surface area contributed by atoms with E-state index in [-0.39, 0.29) is 34.2 Å². The van der Waals surface area contributed by atoms with Gasteiger partial charge in [0, 0.05) is 12.2 Å². The first-order chi connectivity index (χ1) is 23.8. The largest absolute Gasteiger partial charge is 0.462 e. The summed E-state index contributed by atoms with van der Waals surface area (Å²) >= 11 is 0. The summed E-state index contributed by atoms with van der Waals surface area (Å²) in [5.74, 6) is -0.705. The van der Waals surface area contributed by atoms with E-state index in [1.165, 1.54) is 49.4 Å². The minimum Gasteiger partial charge on any atom is -0.462 e. The number of hydrogen-bond acceptors (Lipinski definition) is 5. The highest BCUT2D eigenvalue weighted by atomic mass is 19.3. The number of alkyl halides is 4. The summed E-state index contributed by atoms with van der Waals surface area (Å²) in [6.45, 7) is 14.0. The lowest BCUT2D eigenvalue weighted by atomic mass is 10.0. The molecule has 0 unspecified atom stereocenters. The highest BCUT2D eigenvalue weighted by Gasteiger charge is 2.36. The van der Waals surface area contributed by atoms with Crippen LogP contribution in [-0.2, 0) is 39.3 Å². The van der Waals surface area contributed by atoms with Crippen LogP contribution in [0.5, 0.6) is 11.5 Å². The molecule has 0 aliphatic heterocycles. The van der Waals surface area contributed by atoms with Crippen LogP contribution in [0.2, 0.25) is 0 Å². The first-order valence-corrected chi connectivity index (χ1v) is 17.2. The number of halogens is 4. The predicted octanol–water partition coefficient (Wildman–Crippen LogP) is 11.2. The number of rotatable bonds is 23. The smallest absolute Gasteiger partial charge is 0.426 e. The van der Waals surface area contributed by atoms with Crippen molar-refractivity contribution < 1.29 is 41.3 Å². The van der Waals surface area contributed by atoms with Gasteiger partial charge in [0.2, 0.25) is 0 Å². The Bertz CT molecular complexity index is 1520. The maximum absolute atomic E-state index is 15.1. The van der Waals surface area contributed by atoms with Crippen molar-refractivity contribution in [1.29, 1.82) is 0 Å². The molecule has 272 valence electrons. The first-order valence-electron chi connectivity index (χ1n) is 17.2. The number of ether oxygens (including phenoxy) is 4. The summed E-state index contributed by atoms with van der Waals surface area (Å²) in [6.07, 6.45) is 1.65. The highest BCUT2D eigenvalue weighted by Crippen LogP contribution is 2.37. The molecule has 0 heterocycles. The molecule has 5 nitrogen and oxygen atoms in total. The molecule has 0 amide bonds. The van der Waals surface area contributed by atoms with Crippen molar-refractivity contribution in [1.82, 2.24) is 0 Å². The Morgan fingerprint density at radius 2 is 1.16 bits per heavy atom. The summed E-state index contributed by atoms with van der Waals surface area (Å²) in [5.41, 5.74) is 2.86. The molecule has 0 saturated heterocycles. The second-order valence-electron chi connectivity index (χ2n) is 12.8. The minimum absolute atomic E-state index is 0.140. The number of carbonyl (C=O) groups is 1. The van der Waals surface area contributed by atoms with E-state index in [1.807, 2.05) is 6.92 Å². The average molecular weight is 699 g/mol. The molecule has 0 atom stereocenters. The molecule has 0 bridgehead atoms. The molecular formula is C41H50F4O5. The van der Waals surface area contributed by atoms with Gasteiger partial charge in [0.05, 0.1) is 24.3 Å². The van der Waals surface area contributed by atoms with Crippen LogP contribution in [0, 0.1) is 6.92 Å². The van der Waals surface area contributed by atoms with Crippen LogP contribution >= 0.6 is 0 Å². The molecule has 9 heteroatoms. The van der Waals surface area contributed by atoms with Gasteiger partial charge in [-0.25, -0.2) is 4.79 Å². The van der Waals surface area contributed by atoms with Crippen LogP contribution in [0.3, 0.4) is 0 Å². The Balaban J connectivity index is 1.44. The third-order valence-corrected chi connectivity index (χ3v) is 8.00. The van der Waals surface area contributed by atoms with E-state index in [4.69, 9.17) is 18.9 Å². The summed E-state index contributed by atoms with van der Waals surface area (Å²) < 4.78 is 80.8. The van der Waals surface area contributed by atoms with E-state index < -0.39 is 12.2 Å². The number of carbonyl (C=O) groups excluding carboxylic acids is 1. The lowest BCUT2D eigenvalue weighted by Crippen LogP contribution is -2.23. The van der Waals surface area contributed by atoms with Crippen LogP contribution in [0.25, 0.3) is 0 Å². The first kappa shape index (κ1) is 40.3. The fraction of sp³-hybridized carbons (Fsp3) is 0.439. The van der Waals surface area contributed by atoms with Crippen molar-refractivity contribution >= 4 is 5.97 Å². The van der Waals surface area contributed by atoms with Gasteiger partial charge in [0.15, 0.2) is 0 Å². The van der Waals surface area contributed by atoms with Gasteiger partial charge in [-0.05, 0) is 118 Å². The maximum Gasteiger partial charge on any atom is 0.426 e. The number of esters is 1. The quantitative estimate of drug-likeness (QED) is 0.0324. The molecule has 50 heavy (non-hydrogen) atoms. The summed E-state index contributed by atoms with van der Waals surface area (Å²) in [6, 6.07) is 15.6. The Hall–Kier alpha value is -4.11. The SMILES string of the molecule is C=C(C)COCCCCCCc1ccc(C(F)(F)Oc2ccc(OC(F)(F)c3ccc(CCCCCCOC(=O)C(=C)C)cc3)cc2C)cc1. The fourth-order valence-corrected chi connectivity index (χ4v) is 5.14. The molecule has 0 aliphatic carbocycles. The van der Waals surface area contributed by atoms with Crippen molar-refractivity contribution in [2.24, 2.45) is 0 Å². The Kier molecular flexibility index (Phi) is 16.1. The van der Waals surface area contributed by atoms with Crippen molar-refractivity contribution in [2.45, 2.75) is 97.2 Å². The van der Waals surface area contributed by atoms with Gasteiger partial charge in [0.25, 0.3) is 0 Å². The van der Waals surface area contributed by atoms with Gasteiger partial charge in [-0.15, -0.1) is 0 Å². The van der Waals surface area contributed by atoms with Gasteiger partial charge < -0.3 is 18.9 Å². The molecule has 0 fully saturated rings. The third-order valence-electron chi connectivity index (χ3n) is 8.00. The molecule has 3 rings (SSSR count). The molecule has 3 aromatic rings. The topological polar surface area (TPSA) is 54.0 Å². The van der Waals surface area contributed by atoms with Crippen LogP contribution in [0.4, 0.5) is 17.6 Å². The van der Waals surface area contributed by atoms with Crippen molar-refractivity contribution in [3.05, 3.63) is 119 Å². The van der Waals surface area contributed by atoms with Crippen molar-refractivity contribution in [2.75, 3.05) is 19.8 Å². The highest BCUT2D eigenvalue weighted by molar-refractivity contribution is 5.86. The molecule has 0 radical (unpaired) electrons. The molecule has 0 aromatic heterocycles. The Morgan fingerprint density at radius 3 is 1.66 bits per heavy atom. The monoisotopic (exact) mass is 698 g/mol. The zero-order valence-electron chi connectivity index (χ0n) is 29.5. The number of hydrogen-bond donors (Lipinski definition) is 0. The van der Waals surface area contributed by atoms with E-state index in [0.29, 0.717) is 25.4 Å². The zero-order chi connectivity index (χ0) is 36.6. The normalized spacial score (nSPS) is 11.7. The second kappa shape index (κ2) is 19.9. The van der Waals surface area contributed by atoms with Crippen LogP contribution in [0.15, 0.2) is 91.0 Å². The van der Waals surface area contributed by atoms with E-state index >= 15 is 17.6 Å². The summed E-state index contributed by atoms with van der Waals surface area (Å²) in [7, 11) is 0. The molecule has 3 aromatic carbocycles. The lowest BCUT2D eigenvalue weighted by molar-refractivity contribution is -0.188. The van der Waals surface area contributed by atoms with E-state index in [2.05, 4.69) is 13.2 Å². The molecule has 0 aliphatic rings. The second-order valence-corrected chi connectivity index (χ2v) is 12.8. The van der Waals surface area contributed by atoms with Crippen LogP contribution < -0.4 is 9.47 Å². The Morgan fingerprint density at radius 1 is 0.660 bits per heavy atom. The summed E-state index contributed by atoms with van der Waals surface area (Å²) in [5, 5.41) is 0. The molecule has 0 N–H and O–H groups in total. The minimum atomic E-state index is -3.64. The van der Waals surface area contributed by atoms with E-state index in [0.717, 1.165) is 80.9 Å². The molecule has 0 spiro atoms. The average Bonchev–Trinajstić information content (AvgIpc) is 3.06. The molecular weight excluding hydrogens is 648 g/mol.